The summed E-state index contributed by atoms with van der Waals surface area (Å²) in [6.45, 7) is 3.48. The highest BCUT2D eigenvalue weighted by Gasteiger charge is 2.31. The van der Waals surface area contributed by atoms with Crippen LogP contribution in [0.1, 0.15) is 64.7 Å². The molecule has 0 N–H and O–H groups in total. The Morgan fingerprint density at radius 3 is 3.00 bits per heavy atom. The Labute approximate surface area is 142 Å². The van der Waals surface area contributed by atoms with E-state index in [1.165, 1.54) is 0 Å². The van der Waals surface area contributed by atoms with Crippen LogP contribution in [0.4, 0.5) is 0 Å². The Balaban J connectivity index is 1.57. The molecule has 1 amide bonds. The third-order valence-corrected chi connectivity index (χ3v) is 5.29. The fraction of sp³-hybridized carbons (Fsp3) is 0.526. The zero-order valence-electron chi connectivity index (χ0n) is 14.1. The second kappa shape index (κ2) is 6.38. The number of nitrogens with zero attached hydrogens (tertiary/aromatic N) is 3. The maximum atomic E-state index is 13.2. The number of aromatic nitrogens is 2. The number of piperidine rings is 1. The Morgan fingerprint density at radius 1 is 1.29 bits per heavy atom. The summed E-state index contributed by atoms with van der Waals surface area (Å²) in [6.07, 6.45) is 9.70. The molecule has 4 rings (SSSR count). The maximum absolute atomic E-state index is 13.2. The monoisotopic (exact) mass is 325 g/mol. The molecule has 2 aromatic heterocycles. The number of aryl methyl sites for hydroxylation is 2. The molecule has 5 nitrogen and oxygen atoms in total. The van der Waals surface area contributed by atoms with E-state index in [0.717, 1.165) is 80.0 Å². The zero-order valence-corrected chi connectivity index (χ0v) is 14.1. The van der Waals surface area contributed by atoms with E-state index in [1.54, 1.807) is 12.5 Å². The van der Waals surface area contributed by atoms with Gasteiger partial charge in [-0.25, -0.2) is 9.97 Å². The number of furan rings is 1. The number of carbonyl (C=O) groups excluding carboxylic acids is 1. The van der Waals surface area contributed by atoms with Gasteiger partial charge in [0.15, 0.2) is 0 Å². The molecule has 0 bridgehead atoms. The first kappa shape index (κ1) is 15.4. The van der Waals surface area contributed by atoms with Gasteiger partial charge in [0, 0.05) is 42.9 Å². The van der Waals surface area contributed by atoms with Crippen LogP contribution >= 0.6 is 0 Å². The summed E-state index contributed by atoms with van der Waals surface area (Å²) in [5.41, 5.74) is 3.02. The summed E-state index contributed by atoms with van der Waals surface area (Å²) in [7, 11) is 0. The number of amides is 1. The van der Waals surface area contributed by atoms with Crippen molar-refractivity contribution in [3.05, 3.63) is 46.9 Å². The second-order valence-electron chi connectivity index (χ2n) is 6.87. The highest BCUT2D eigenvalue weighted by atomic mass is 16.3. The van der Waals surface area contributed by atoms with Crippen LogP contribution in [0.3, 0.4) is 0 Å². The molecule has 1 saturated heterocycles. The predicted molar refractivity (Wildman–Crippen MR) is 90.0 cm³/mol. The van der Waals surface area contributed by atoms with Crippen molar-refractivity contribution in [3.63, 3.8) is 0 Å². The molecule has 1 aliphatic carbocycles. The Morgan fingerprint density at radius 2 is 2.17 bits per heavy atom. The van der Waals surface area contributed by atoms with Crippen LogP contribution in [0, 0.1) is 6.92 Å². The molecule has 1 atom stereocenters. The Hall–Kier alpha value is -2.17. The molecule has 2 aromatic rings. The fourth-order valence-corrected chi connectivity index (χ4v) is 4.09. The van der Waals surface area contributed by atoms with Crippen LogP contribution < -0.4 is 0 Å². The molecule has 1 fully saturated rings. The van der Waals surface area contributed by atoms with E-state index in [-0.39, 0.29) is 5.91 Å². The molecule has 0 aromatic carbocycles. The lowest BCUT2D eigenvalue weighted by Crippen LogP contribution is -2.39. The van der Waals surface area contributed by atoms with E-state index in [9.17, 15) is 4.79 Å². The van der Waals surface area contributed by atoms with Crippen molar-refractivity contribution in [2.45, 2.75) is 51.4 Å². The highest BCUT2D eigenvalue weighted by molar-refractivity contribution is 5.97. The van der Waals surface area contributed by atoms with Crippen molar-refractivity contribution >= 4 is 5.91 Å². The maximum Gasteiger partial charge on any atom is 0.257 e. The molecule has 0 radical (unpaired) electrons. The van der Waals surface area contributed by atoms with Gasteiger partial charge >= 0.3 is 0 Å². The lowest BCUT2D eigenvalue weighted by Gasteiger charge is -2.32. The van der Waals surface area contributed by atoms with E-state index < -0.39 is 0 Å². The van der Waals surface area contributed by atoms with Crippen molar-refractivity contribution < 1.29 is 9.21 Å². The van der Waals surface area contributed by atoms with Gasteiger partial charge in [0.05, 0.1) is 5.56 Å². The fourth-order valence-electron chi connectivity index (χ4n) is 4.09. The SMILES string of the molecule is Cc1oc2c(c1C(=O)N1CCC[C@@H](c3ccncn3)C1)CCCC2. The van der Waals surface area contributed by atoms with E-state index in [2.05, 4.69) is 9.97 Å². The molecule has 5 heteroatoms. The van der Waals surface area contributed by atoms with E-state index in [1.807, 2.05) is 17.9 Å². The average molecular weight is 325 g/mol. The quantitative estimate of drug-likeness (QED) is 0.850. The molecule has 24 heavy (non-hydrogen) atoms. The molecule has 3 heterocycles. The van der Waals surface area contributed by atoms with Crippen LogP contribution in [-0.4, -0.2) is 33.9 Å². The topological polar surface area (TPSA) is 59.2 Å². The minimum atomic E-state index is 0.137. The van der Waals surface area contributed by atoms with E-state index in [0.29, 0.717) is 5.92 Å². The van der Waals surface area contributed by atoms with Gasteiger partial charge in [0.2, 0.25) is 0 Å². The number of fused-ring (bicyclic) bond motifs is 1. The first-order valence-electron chi connectivity index (χ1n) is 8.90. The van der Waals surface area contributed by atoms with Gasteiger partial charge in [-0.05, 0) is 45.1 Å². The Kier molecular flexibility index (Phi) is 4.08. The Bertz CT molecular complexity index is 739. The largest absolute Gasteiger partial charge is 0.465 e. The predicted octanol–water partition coefficient (Wildman–Crippen LogP) is 3.28. The van der Waals surface area contributed by atoms with Gasteiger partial charge in [-0.1, -0.05) is 0 Å². The van der Waals surface area contributed by atoms with Crippen molar-refractivity contribution in [3.8, 4) is 0 Å². The van der Waals surface area contributed by atoms with E-state index in [4.69, 9.17) is 4.42 Å². The standard InChI is InChI=1S/C19H23N3O2/c1-13-18(15-6-2-3-7-17(15)24-13)19(23)22-10-4-5-14(11-22)16-8-9-20-12-21-16/h8-9,12,14H,2-7,10-11H2,1H3/t14-/m1/s1. The summed E-state index contributed by atoms with van der Waals surface area (Å²) < 4.78 is 5.89. The lowest BCUT2D eigenvalue weighted by molar-refractivity contribution is 0.0703. The van der Waals surface area contributed by atoms with Crippen molar-refractivity contribution in [1.82, 2.24) is 14.9 Å². The molecule has 2 aliphatic rings. The number of hydrogen-bond donors (Lipinski definition) is 0. The summed E-state index contributed by atoms with van der Waals surface area (Å²) in [4.78, 5) is 23.5. The lowest BCUT2D eigenvalue weighted by atomic mass is 9.91. The van der Waals surface area contributed by atoms with Gasteiger partial charge in [-0.3, -0.25) is 4.79 Å². The zero-order chi connectivity index (χ0) is 16.5. The van der Waals surface area contributed by atoms with Crippen molar-refractivity contribution in [2.24, 2.45) is 0 Å². The van der Waals surface area contributed by atoms with Crippen LogP contribution in [0.25, 0.3) is 0 Å². The van der Waals surface area contributed by atoms with Crippen LogP contribution in [-0.2, 0) is 12.8 Å². The van der Waals surface area contributed by atoms with Crippen LogP contribution in [0.2, 0.25) is 0 Å². The smallest absolute Gasteiger partial charge is 0.257 e. The van der Waals surface area contributed by atoms with Crippen LogP contribution in [0.5, 0.6) is 0 Å². The second-order valence-corrected chi connectivity index (χ2v) is 6.87. The van der Waals surface area contributed by atoms with E-state index >= 15 is 0 Å². The summed E-state index contributed by atoms with van der Waals surface area (Å²) in [6, 6.07) is 1.96. The number of likely N-dealkylation sites (tertiary alicyclic amines) is 1. The summed E-state index contributed by atoms with van der Waals surface area (Å²) in [5, 5.41) is 0. The summed E-state index contributed by atoms with van der Waals surface area (Å²) >= 11 is 0. The molecular formula is C19H23N3O2. The molecule has 126 valence electrons. The molecule has 0 saturated carbocycles. The molecule has 0 spiro atoms. The minimum Gasteiger partial charge on any atom is -0.465 e. The number of carbonyl (C=O) groups is 1. The van der Waals surface area contributed by atoms with Gasteiger partial charge in [0.1, 0.15) is 17.8 Å². The van der Waals surface area contributed by atoms with Crippen molar-refractivity contribution in [1.29, 1.82) is 0 Å². The first-order valence-corrected chi connectivity index (χ1v) is 8.90. The van der Waals surface area contributed by atoms with Gasteiger partial charge in [-0.2, -0.15) is 0 Å². The van der Waals surface area contributed by atoms with Gasteiger partial charge < -0.3 is 9.32 Å². The highest BCUT2D eigenvalue weighted by Crippen LogP contribution is 2.32. The number of hydrogen-bond acceptors (Lipinski definition) is 4. The molecule has 0 unspecified atom stereocenters. The first-order chi connectivity index (χ1) is 11.7. The molecular weight excluding hydrogens is 302 g/mol. The molecule has 1 aliphatic heterocycles. The third kappa shape index (κ3) is 2.72. The van der Waals surface area contributed by atoms with Crippen molar-refractivity contribution in [2.75, 3.05) is 13.1 Å². The van der Waals surface area contributed by atoms with Crippen LogP contribution in [0.15, 0.2) is 23.0 Å². The van der Waals surface area contributed by atoms with Gasteiger partial charge in [-0.15, -0.1) is 0 Å². The normalized spacial score (nSPS) is 20.7. The summed E-state index contributed by atoms with van der Waals surface area (Å²) in [5.74, 6) is 2.26. The number of rotatable bonds is 2. The average Bonchev–Trinajstić information content (AvgIpc) is 2.97. The third-order valence-electron chi connectivity index (χ3n) is 5.29. The minimum absolute atomic E-state index is 0.137. The van der Waals surface area contributed by atoms with Gasteiger partial charge in [0.25, 0.3) is 5.91 Å².